The number of rotatable bonds is 3. The first-order valence-electron chi connectivity index (χ1n) is 3.77. The average molecular weight is 257 g/mol. The summed E-state index contributed by atoms with van der Waals surface area (Å²) in [5.74, 6) is 0. The van der Waals surface area contributed by atoms with Gasteiger partial charge in [-0.1, -0.05) is 23.2 Å². The van der Waals surface area contributed by atoms with Crippen molar-refractivity contribution in [3.8, 4) is 0 Å². The highest BCUT2D eigenvalue weighted by molar-refractivity contribution is 6.36. The first-order valence-corrected chi connectivity index (χ1v) is 4.96. The number of halogens is 3. The molecule has 0 amide bonds. The van der Waals surface area contributed by atoms with Crippen molar-refractivity contribution in [3.05, 3.63) is 22.2 Å². The molecule has 1 heterocycles. The Bertz CT molecular complexity index is 303. The van der Waals surface area contributed by atoms with Crippen LogP contribution in [-0.4, -0.2) is 21.2 Å². The summed E-state index contributed by atoms with van der Waals surface area (Å²) < 4.78 is 0. The molecule has 0 fully saturated rings. The molecule has 14 heavy (non-hydrogen) atoms. The Morgan fingerprint density at radius 3 is 2.29 bits per heavy atom. The van der Waals surface area contributed by atoms with Crippen LogP contribution in [0.4, 0.5) is 0 Å². The lowest BCUT2D eigenvalue weighted by Gasteiger charge is -2.17. The largest absolute Gasteiger partial charge is 0.316 e. The number of hydroxylamine groups is 1. The molecule has 4 nitrogen and oxygen atoms in total. The summed E-state index contributed by atoms with van der Waals surface area (Å²) in [6, 6.07) is -0.405. The van der Waals surface area contributed by atoms with Crippen LogP contribution in [0.15, 0.2) is 6.33 Å². The van der Waals surface area contributed by atoms with E-state index in [2.05, 4.69) is 9.97 Å². The van der Waals surface area contributed by atoms with Gasteiger partial charge in [0.25, 0.3) is 0 Å². The van der Waals surface area contributed by atoms with E-state index in [0.717, 1.165) is 0 Å². The average Bonchev–Trinajstić information content (AvgIpc) is 2.16. The van der Waals surface area contributed by atoms with Crippen LogP contribution in [0.2, 0.25) is 10.3 Å². The first-order chi connectivity index (χ1) is 6.57. The second-order valence-electron chi connectivity index (χ2n) is 2.69. The molecule has 0 aliphatic carbocycles. The van der Waals surface area contributed by atoms with Crippen molar-refractivity contribution >= 4 is 34.8 Å². The smallest absolute Gasteiger partial charge is 0.138 e. The Morgan fingerprint density at radius 2 is 1.86 bits per heavy atom. The maximum atomic E-state index is 8.69. The SMILES string of the molecule is CC(NO)C(Cl)c1c(Cl)ncnc1Cl. The normalized spacial score (nSPS) is 15.2. The molecule has 1 rings (SSSR count). The van der Waals surface area contributed by atoms with E-state index in [0.29, 0.717) is 5.56 Å². The second-order valence-corrected chi connectivity index (χ2v) is 3.87. The van der Waals surface area contributed by atoms with Gasteiger partial charge in [0, 0.05) is 11.6 Å². The molecule has 0 spiro atoms. The summed E-state index contributed by atoms with van der Waals surface area (Å²) in [5, 5.41) is 8.47. The van der Waals surface area contributed by atoms with E-state index in [1.165, 1.54) is 6.33 Å². The van der Waals surface area contributed by atoms with Crippen molar-refractivity contribution in [2.24, 2.45) is 0 Å². The van der Waals surface area contributed by atoms with Crippen LogP contribution in [-0.2, 0) is 0 Å². The molecule has 2 N–H and O–H groups in total. The molecule has 7 heteroatoms. The fraction of sp³-hybridized carbons (Fsp3) is 0.429. The third-order valence-electron chi connectivity index (χ3n) is 1.71. The topological polar surface area (TPSA) is 58.0 Å². The van der Waals surface area contributed by atoms with Crippen LogP contribution >= 0.6 is 34.8 Å². The van der Waals surface area contributed by atoms with Crippen molar-refractivity contribution in [2.45, 2.75) is 18.3 Å². The lowest BCUT2D eigenvalue weighted by molar-refractivity contribution is 0.130. The minimum absolute atomic E-state index is 0.187. The molecule has 1 aromatic rings. The molecular weight excluding hydrogens is 248 g/mol. The van der Waals surface area contributed by atoms with Crippen LogP contribution < -0.4 is 5.48 Å². The molecule has 2 unspecified atom stereocenters. The third kappa shape index (κ3) is 2.46. The molecule has 0 radical (unpaired) electrons. The van der Waals surface area contributed by atoms with Gasteiger partial charge < -0.3 is 5.21 Å². The molecular formula is C7H8Cl3N3O. The van der Waals surface area contributed by atoms with E-state index < -0.39 is 11.4 Å². The van der Waals surface area contributed by atoms with E-state index in [-0.39, 0.29) is 10.3 Å². The number of hydrogen-bond acceptors (Lipinski definition) is 4. The Hall–Kier alpha value is -0.130. The highest BCUT2D eigenvalue weighted by Crippen LogP contribution is 2.33. The van der Waals surface area contributed by atoms with Gasteiger partial charge in [0.15, 0.2) is 0 Å². The fourth-order valence-electron chi connectivity index (χ4n) is 0.897. The van der Waals surface area contributed by atoms with E-state index >= 15 is 0 Å². The number of alkyl halides is 1. The highest BCUT2D eigenvalue weighted by Gasteiger charge is 2.22. The van der Waals surface area contributed by atoms with Crippen LogP contribution in [0.25, 0.3) is 0 Å². The van der Waals surface area contributed by atoms with Gasteiger partial charge in [-0.15, -0.1) is 11.6 Å². The van der Waals surface area contributed by atoms with E-state index in [1.807, 2.05) is 5.48 Å². The Labute approximate surface area is 96.2 Å². The zero-order valence-corrected chi connectivity index (χ0v) is 9.48. The van der Waals surface area contributed by atoms with Gasteiger partial charge in [0.1, 0.15) is 16.6 Å². The van der Waals surface area contributed by atoms with Gasteiger partial charge in [0.05, 0.1) is 5.38 Å². The standard InChI is InChI=1S/C7H8Cl3N3O/c1-3(13-14)5(8)4-6(9)11-2-12-7(4)10/h2-3,5,13-14H,1H3. The number of nitrogens with one attached hydrogen (secondary N) is 1. The fourth-order valence-corrected chi connectivity index (χ4v) is 1.82. The molecule has 0 saturated heterocycles. The Balaban J connectivity index is 3.05. The van der Waals surface area contributed by atoms with Crippen molar-refractivity contribution in [2.75, 3.05) is 0 Å². The summed E-state index contributed by atoms with van der Waals surface area (Å²) in [7, 11) is 0. The maximum absolute atomic E-state index is 8.69. The lowest BCUT2D eigenvalue weighted by atomic mass is 10.1. The van der Waals surface area contributed by atoms with Crippen molar-refractivity contribution < 1.29 is 5.21 Å². The van der Waals surface area contributed by atoms with Crippen LogP contribution in [0.3, 0.4) is 0 Å². The van der Waals surface area contributed by atoms with Gasteiger partial charge >= 0.3 is 0 Å². The number of nitrogens with zero attached hydrogens (tertiary/aromatic N) is 2. The zero-order chi connectivity index (χ0) is 10.7. The van der Waals surface area contributed by atoms with E-state index in [1.54, 1.807) is 6.92 Å². The molecule has 78 valence electrons. The quantitative estimate of drug-likeness (QED) is 0.495. The summed E-state index contributed by atoms with van der Waals surface area (Å²) in [4.78, 5) is 7.51. The van der Waals surface area contributed by atoms with Crippen LogP contribution in [0, 0.1) is 0 Å². The van der Waals surface area contributed by atoms with Crippen LogP contribution in [0.5, 0.6) is 0 Å². The van der Waals surface area contributed by atoms with Gasteiger partial charge in [-0.3, -0.25) is 0 Å². The van der Waals surface area contributed by atoms with Gasteiger partial charge in [-0.05, 0) is 6.92 Å². The molecule has 0 aromatic carbocycles. The third-order valence-corrected chi connectivity index (χ3v) is 2.90. The molecule has 0 aliphatic rings. The molecule has 0 bridgehead atoms. The zero-order valence-electron chi connectivity index (χ0n) is 7.21. The van der Waals surface area contributed by atoms with Gasteiger partial charge in [-0.25, -0.2) is 15.4 Å². The Kier molecular flexibility index (Phi) is 4.34. The minimum atomic E-state index is -0.596. The summed E-state index contributed by atoms with van der Waals surface area (Å²) in [6.07, 6.45) is 1.24. The lowest BCUT2D eigenvalue weighted by Crippen LogP contribution is -2.27. The molecule has 2 atom stereocenters. The van der Waals surface area contributed by atoms with Crippen molar-refractivity contribution in [1.82, 2.24) is 15.4 Å². The summed E-state index contributed by atoms with van der Waals surface area (Å²) in [5.41, 5.74) is 2.42. The second kappa shape index (κ2) is 5.09. The minimum Gasteiger partial charge on any atom is -0.316 e. The summed E-state index contributed by atoms with van der Waals surface area (Å²) >= 11 is 17.6. The Morgan fingerprint density at radius 1 is 1.36 bits per heavy atom. The number of aromatic nitrogens is 2. The van der Waals surface area contributed by atoms with E-state index in [9.17, 15) is 0 Å². The van der Waals surface area contributed by atoms with Crippen molar-refractivity contribution in [1.29, 1.82) is 0 Å². The van der Waals surface area contributed by atoms with Gasteiger partial charge in [-0.2, -0.15) is 0 Å². The first kappa shape index (κ1) is 11.9. The monoisotopic (exact) mass is 255 g/mol. The molecule has 0 aliphatic heterocycles. The maximum Gasteiger partial charge on any atom is 0.138 e. The highest BCUT2D eigenvalue weighted by atomic mass is 35.5. The predicted molar refractivity (Wildman–Crippen MR) is 55.0 cm³/mol. The predicted octanol–water partition coefficient (Wildman–Crippen LogP) is 2.43. The molecule has 1 aromatic heterocycles. The summed E-state index contributed by atoms with van der Waals surface area (Å²) in [6.45, 7) is 1.68. The number of hydrogen-bond donors (Lipinski definition) is 2. The van der Waals surface area contributed by atoms with Gasteiger partial charge in [0.2, 0.25) is 0 Å². The molecule has 0 saturated carbocycles. The van der Waals surface area contributed by atoms with Crippen molar-refractivity contribution in [3.63, 3.8) is 0 Å². The van der Waals surface area contributed by atoms with E-state index in [4.69, 9.17) is 40.0 Å². The van der Waals surface area contributed by atoms with Crippen LogP contribution in [0.1, 0.15) is 17.9 Å².